The van der Waals surface area contributed by atoms with Gasteiger partial charge in [-0.2, -0.15) is 13.2 Å². The highest BCUT2D eigenvalue weighted by molar-refractivity contribution is 7.92. The first kappa shape index (κ1) is 28.7. The van der Waals surface area contributed by atoms with Gasteiger partial charge in [-0.15, -0.1) is 0 Å². The van der Waals surface area contributed by atoms with E-state index in [1.165, 1.54) is 6.92 Å². The van der Waals surface area contributed by atoms with Gasteiger partial charge < -0.3 is 10.2 Å². The fourth-order valence-electron chi connectivity index (χ4n) is 3.21. The van der Waals surface area contributed by atoms with Crippen molar-refractivity contribution in [1.29, 1.82) is 0 Å². The molecule has 0 aliphatic carbocycles. The van der Waals surface area contributed by atoms with Gasteiger partial charge in [-0.1, -0.05) is 35.3 Å². The molecule has 0 saturated heterocycles. The van der Waals surface area contributed by atoms with Gasteiger partial charge in [-0.3, -0.25) is 13.9 Å². The van der Waals surface area contributed by atoms with E-state index in [-0.39, 0.29) is 18.1 Å². The molecule has 192 valence electrons. The van der Waals surface area contributed by atoms with Crippen LogP contribution < -0.4 is 9.62 Å². The predicted molar refractivity (Wildman–Crippen MR) is 129 cm³/mol. The Labute approximate surface area is 211 Å². The van der Waals surface area contributed by atoms with E-state index < -0.39 is 51.9 Å². The van der Waals surface area contributed by atoms with Gasteiger partial charge in [0, 0.05) is 18.1 Å². The molecular formula is C22H24Cl2F3N3O4S. The number of carbonyl (C=O) groups is 2. The second kappa shape index (κ2) is 11.5. The van der Waals surface area contributed by atoms with Gasteiger partial charge >= 0.3 is 6.18 Å². The minimum Gasteiger partial charge on any atom is -0.355 e. The summed E-state index contributed by atoms with van der Waals surface area (Å²) in [6.45, 7) is 2.44. The van der Waals surface area contributed by atoms with Crippen LogP contribution >= 0.6 is 23.2 Å². The number of anilines is 1. The van der Waals surface area contributed by atoms with Crippen LogP contribution in [0.1, 0.15) is 25.0 Å². The van der Waals surface area contributed by atoms with Crippen molar-refractivity contribution in [3.63, 3.8) is 0 Å². The van der Waals surface area contributed by atoms with E-state index in [0.29, 0.717) is 27.0 Å². The van der Waals surface area contributed by atoms with Crippen LogP contribution in [0.25, 0.3) is 0 Å². The third kappa shape index (κ3) is 7.74. The number of carbonyl (C=O) groups excluding carboxylic acids is 2. The van der Waals surface area contributed by atoms with E-state index in [1.807, 2.05) is 0 Å². The molecule has 0 spiro atoms. The van der Waals surface area contributed by atoms with E-state index in [2.05, 4.69) is 5.32 Å². The fourth-order valence-corrected chi connectivity index (χ4v) is 4.55. The molecule has 35 heavy (non-hydrogen) atoms. The molecule has 13 heteroatoms. The molecule has 0 aliphatic heterocycles. The quantitative estimate of drug-likeness (QED) is 0.500. The van der Waals surface area contributed by atoms with Gasteiger partial charge in [0.25, 0.3) is 0 Å². The fraction of sp³-hybridized carbons (Fsp3) is 0.364. The zero-order valence-corrected chi connectivity index (χ0v) is 21.4. The van der Waals surface area contributed by atoms with E-state index in [9.17, 15) is 31.2 Å². The Kier molecular flexibility index (Phi) is 9.43. The number of alkyl halides is 3. The molecule has 0 aliphatic rings. The molecular weight excluding hydrogens is 530 g/mol. The molecule has 0 fully saturated rings. The highest BCUT2D eigenvalue weighted by Crippen LogP contribution is 2.36. The Morgan fingerprint density at radius 2 is 1.77 bits per heavy atom. The van der Waals surface area contributed by atoms with Crippen molar-refractivity contribution in [2.75, 3.05) is 23.7 Å². The second-order valence-corrected chi connectivity index (χ2v) is 10.4. The van der Waals surface area contributed by atoms with Gasteiger partial charge in [0.15, 0.2) is 0 Å². The SMILES string of the molecule is CCNC(=O)C(C)N(Cc1cccc(Cl)c1)C(=O)CN(c1cc(C(F)(F)F)ccc1Cl)S(C)(=O)=O. The number of sulfonamides is 1. The van der Waals surface area contributed by atoms with Crippen LogP contribution in [0, 0.1) is 0 Å². The van der Waals surface area contributed by atoms with E-state index in [1.54, 1.807) is 31.2 Å². The number of hydrogen-bond donors (Lipinski definition) is 1. The highest BCUT2D eigenvalue weighted by Gasteiger charge is 2.34. The van der Waals surface area contributed by atoms with Crippen molar-refractivity contribution in [2.45, 2.75) is 32.6 Å². The maximum absolute atomic E-state index is 13.3. The third-order valence-corrected chi connectivity index (χ3v) is 6.66. The molecule has 2 amide bonds. The molecule has 0 aromatic heterocycles. The molecule has 7 nitrogen and oxygen atoms in total. The molecule has 1 atom stereocenters. The van der Waals surface area contributed by atoms with Gasteiger partial charge in [0.05, 0.1) is 22.5 Å². The van der Waals surface area contributed by atoms with Crippen LogP contribution in [-0.4, -0.2) is 50.5 Å². The average molecular weight is 554 g/mol. The first-order valence-corrected chi connectivity index (χ1v) is 12.9. The molecule has 1 N–H and O–H groups in total. The Hall–Kier alpha value is -2.50. The summed E-state index contributed by atoms with van der Waals surface area (Å²) in [7, 11) is -4.25. The summed E-state index contributed by atoms with van der Waals surface area (Å²) in [5, 5.41) is 2.68. The highest BCUT2D eigenvalue weighted by atomic mass is 35.5. The Morgan fingerprint density at radius 1 is 1.11 bits per heavy atom. The summed E-state index contributed by atoms with van der Waals surface area (Å²) in [6.07, 6.45) is -4.02. The van der Waals surface area contributed by atoms with Gasteiger partial charge in [-0.25, -0.2) is 8.42 Å². The van der Waals surface area contributed by atoms with Gasteiger partial charge in [0.1, 0.15) is 12.6 Å². The standard InChI is InChI=1S/C22H24Cl2F3N3O4S/c1-4-28-21(32)14(2)29(12-15-6-5-7-17(23)10-15)20(31)13-30(35(3,33)34)19-11-16(22(25,26)27)8-9-18(19)24/h5-11,14H,4,12-13H2,1-3H3,(H,28,32). The molecule has 2 aromatic rings. The summed E-state index contributed by atoms with van der Waals surface area (Å²) in [5.74, 6) is -1.33. The number of hydrogen-bond acceptors (Lipinski definition) is 4. The molecule has 2 aromatic carbocycles. The van der Waals surface area contributed by atoms with Crippen molar-refractivity contribution < 1.29 is 31.2 Å². The summed E-state index contributed by atoms with van der Waals surface area (Å²) >= 11 is 12.1. The number of rotatable bonds is 9. The number of amides is 2. The van der Waals surface area contributed by atoms with Gasteiger partial charge in [0.2, 0.25) is 21.8 Å². The van der Waals surface area contributed by atoms with Crippen molar-refractivity contribution in [3.05, 3.63) is 63.6 Å². The lowest BCUT2D eigenvalue weighted by molar-refractivity contribution is -0.139. The summed E-state index contributed by atoms with van der Waals surface area (Å²) in [4.78, 5) is 27.0. The minimum absolute atomic E-state index is 0.106. The summed E-state index contributed by atoms with van der Waals surface area (Å²) in [6, 6.07) is 7.64. The molecule has 0 heterocycles. The first-order valence-electron chi connectivity index (χ1n) is 10.3. The number of halogens is 5. The van der Waals surface area contributed by atoms with Crippen LogP contribution in [-0.2, 0) is 32.3 Å². The predicted octanol–water partition coefficient (Wildman–Crippen LogP) is 4.33. The lowest BCUT2D eigenvalue weighted by Crippen LogP contribution is -2.51. The zero-order chi connectivity index (χ0) is 26.6. The molecule has 0 radical (unpaired) electrons. The van der Waals surface area contributed by atoms with Crippen molar-refractivity contribution in [3.8, 4) is 0 Å². The monoisotopic (exact) mass is 553 g/mol. The maximum Gasteiger partial charge on any atom is 0.416 e. The van der Waals surface area contributed by atoms with Crippen LogP contribution in [0.5, 0.6) is 0 Å². The van der Waals surface area contributed by atoms with Crippen LogP contribution in [0.3, 0.4) is 0 Å². The zero-order valence-electron chi connectivity index (χ0n) is 19.1. The topological polar surface area (TPSA) is 86.8 Å². The molecule has 0 saturated carbocycles. The number of benzene rings is 2. The number of nitrogens with zero attached hydrogens (tertiary/aromatic N) is 2. The lowest BCUT2D eigenvalue weighted by Gasteiger charge is -2.31. The van der Waals surface area contributed by atoms with Crippen LogP contribution in [0.4, 0.5) is 18.9 Å². The van der Waals surface area contributed by atoms with Crippen molar-refractivity contribution >= 4 is 50.7 Å². The molecule has 1 unspecified atom stereocenters. The van der Waals surface area contributed by atoms with Crippen molar-refractivity contribution in [2.24, 2.45) is 0 Å². The third-order valence-electron chi connectivity index (χ3n) is 4.98. The second-order valence-electron chi connectivity index (χ2n) is 7.66. The van der Waals surface area contributed by atoms with Gasteiger partial charge in [-0.05, 0) is 49.7 Å². The van der Waals surface area contributed by atoms with Crippen molar-refractivity contribution in [1.82, 2.24) is 10.2 Å². The number of nitrogens with one attached hydrogen (secondary N) is 1. The minimum atomic E-state index is -4.77. The van der Waals surface area contributed by atoms with Crippen LogP contribution in [0.15, 0.2) is 42.5 Å². The Bertz CT molecular complexity index is 1190. The maximum atomic E-state index is 13.3. The van der Waals surface area contributed by atoms with E-state index in [0.717, 1.165) is 17.2 Å². The van der Waals surface area contributed by atoms with E-state index in [4.69, 9.17) is 23.2 Å². The number of likely N-dealkylation sites (N-methyl/N-ethyl adjacent to an activating group) is 1. The normalized spacial score (nSPS) is 12.7. The first-order chi connectivity index (χ1) is 16.1. The molecule has 2 rings (SSSR count). The summed E-state index contributed by atoms with van der Waals surface area (Å²) < 4.78 is 65.3. The average Bonchev–Trinajstić information content (AvgIpc) is 2.74. The van der Waals surface area contributed by atoms with Crippen LogP contribution in [0.2, 0.25) is 10.0 Å². The molecule has 0 bridgehead atoms. The smallest absolute Gasteiger partial charge is 0.355 e. The summed E-state index contributed by atoms with van der Waals surface area (Å²) in [5.41, 5.74) is -1.08. The lowest BCUT2D eigenvalue weighted by atomic mass is 10.1. The largest absolute Gasteiger partial charge is 0.416 e. The Morgan fingerprint density at radius 3 is 2.31 bits per heavy atom. The Balaban J connectivity index is 2.50. The van der Waals surface area contributed by atoms with E-state index >= 15 is 0 Å².